The molecule has 1 N–H and O–H groups in total. The predicted octanol–water partition coefficient (Wildman–Crippen LogP) is 1.47. The van der Waals surface area contributed by atoms with Gasteiger partial charge in [-0.3, -0.25) is 24.6 Å². The van der Waals surface area contributed by atoms with E-state index in [2.05, 4.69) is 24.1 Å². The fourth-order valence-corrected chi connectivity index (χ4v) is 4.53. The Labute approximate surface area is 183 Å². The van der Waals surface area contributed by atoms with Crippen molar-refractivity contribution in [1.29, 1.82) is 0 Å². The Hall–Kier alpha value is -2.52. The number of hydrogen-bond acceptors (Lipinski definition) is 6. The first-order chi connectivity index (χ1) is 14.8. The molecule has 31 heavy (non-hydrogen) atoms. The number of hydrogen-bond donors (Lipinski definition) is 1. The van der Waals surface area contributed by atoms with Crippen LogP contribution in [0.3, 0.4) is 0 Å². The van der Waals surface area contributed by atoms with Gasteiger partial charge in [-0.05, 0) is 17.9 Å². The van der Waals surface area contributed by atoms with E-state index in [-0.39, 0.29) is 23.5 Å². The Bertz CT molecular complexity index is 792. The van der Waals surface area contributed by atoms with E-state index in [1.807, 2.05) is 4.90 Å². The van der Waals surface area contributed by atoms with E-state index in [1.165, 1.54) is 19.1 Å². The minimum Gasteiger partial charge on any atom is -0.338 e. The summed E-state index contributed by atoms with van der Waals surface area (Å²) in [5.74, 6) is 0.376. The van der Waals surface area contributed by atoms with Crippen LogP contribution in [0.25, 0.3) is 0 Å². The topological polar surface area (TPSA) is 99.0 Å². The van der Waals surface area contributed by atoms with Gasteiger partial charge in [0.05, 0.1) is 4.92 Å². The van der Waals surface area contributed by atoms with Crippen LogP contribution in [0.5, 0.6) is 0 Å². The molecule has 0 bridgehead atoms. The van der Waals surface area contributed by atoms with Crippen LogP contribution < -0.4 is 5.32 Å². The number of nitrogens with zero attached hydrogens (tertiary/aromatic N) is 4. The molecule has 0 aliphatic carbocycles. The molecule has 2 saturated heterocycles. The van der Waals surface area contributed by atoms with Gasteiger partial charge in [0.1, 0.15) is 6.04 Å². The standard InChI is InChI=1S/C22H33N5O4/c1-16(2)13-25(14-18-4-6-19(7-5-18)27(30)31)20-12-21(26(15-20)17(3)28)22(29)24-10-8-23-9-11-24/h4-7,16,20-21,23H,8-15H2,1-3H3. The number of benzene rings is 1. The maximum absolute atomic E-state index is 13.2. The number of carbonyl (C=O) groups is 2. The van der Waals surface area contributed by atoms with Crippen LogP contribution in [0.15, 0.2) is 24.3 Å². The van der Waals surface area contributed by atoms with Gasteiger partial charge >= 0.3 is 0 Å². The van der Waals surface area contributed by atoms with E-state index in [4.69, 9.17) is 0 Å². The highest BCUT2D eigenvalue weighted by Gasteiger charge is 2.42. The number of non-ortho nitro benzene ring substituents is 1. The number of carbonyl (C=O) groups excluding carboxylic acids is 2. The Kier molecular flexibility index (Phi) is 7.61. The molecule has 0 saturated carbocycles. The van der Waals surface area contributed by atoms with E-state index in [0.717, 1.165) is 25.2 Å². The average Bonchev–Trinajstić information content (AvgIpc) is 3.19. The third-order valence-corrected chi connectivity index (χ3v) is 6.05. The molecule has 1 aromatic rings. The van der Waals surface area contributed by atoms with Gasteiger partial charge in [-0.15, -0.1) is 0 Å². The molecule has 2 amide bonds. The number of rotatable bonds is 7. The van der Waals surface area contributed by atoms with Crippen molar-refractivity contribution in [3.63, 3.8) is 0 Å². The van der Waals surface area contributed by atoms with E-state index in [0.29, 0.717) is 38.5 Å². The summed E-state index contributed by atoms with van der Waals surface area (Å²) in [6, 6.07) is 6.26. The second-order valence-electron chi connectivity index (χ2n) is 8.90. The van der Waals surface area contributed by atoms with Gasteiger partial charge in [-0.2, -0.15) is 0 Å². The molecule has 2 fully saturated rings. The largest absolute Gasteiger partial charge is 0.338 e. The number of likely N-dealkylation sites (tertiary alicyclic amines) is 1. The summed E-state index contributed by atoms with van der Waals surface area (Å²) in [5, 5.41) is 14.2. The van der Waals surface area contributed by atoms with Crippen LogP contribution in [-0.2, 0) is 16.1 Å². The Morgan fingerprint density at radius 3 is 2.42 bits per heavy atom. The second-order valence-corrected chi connectivity index (χ2v) is 8.90. The normalized spacial score (nSPS) is 21.7. The van der Waals surface area contributed by atoms with Crippen molar-refractivity contribution in [3.8, 4) is 0 Å². The molecule has 3 rings (SSSR count). The molecule has 0 radical (unpaired) electrons. The van der Waals surface area contributed by atoms with E-state index in [1.54, 1.807) is 17.0 Å². The smallest absolute Gasteiger partial charge is 0.269 e. The quantitative estimate of drug-likeness (QED) is 0.519. The number of amides is 2. The van der Waals surface area contributed by atoms with Crippen molar-refractivity contribution in [2.45, 2.75) is 45.8 Å². The van der Waals surface area contributed by atoms with Crippen molar-refractivity contribution in [2.75, 3.05) is 39.3 Å². The summed E-state index contributed by atoms with van der Waals surface area (Å²) >= 11 is 0. The van der Waals surface area contributed by atoms with Crippen LogP contribution >= 0.6 is 0 Å². The number of piperazine rings is 1. The molecule has 2 aliphatic heterocycles. The van der Waals surface area contributed by atoms with Gasteiger partial charge in [-0.1, -0.05) is 26.0 Å². The Morgan fingerprint density at radius 1 is 1.23 bits per heavy atom. The highest BCUT2D eigenvalue weighted by Crippen LogP contribution is 2.27. The van der Waals surface area contributed by atoms with Gasteiger partial charge in [0.15, 0.2) is 0 Å². The predicted molar refractivity (Wildman–Crippen MR) is 117 cm³/mol. The molecule has 170 valence electrons. The molecule has 2 aliphatic rings. The van der Waals surface area contributed by atoms with Crippen LogP contribution in [0.4, 0.5) is 5.69 Å². The van der Waals surface area contributed by atoms with Crippen molar-refractivity contribution >= 4 is 17.5 Å². The van der Waals surface area contributed by atoms with Crippen molar-refractivity contribution in [1.82, 2.24) is 20.0 Å². The monoisotopic (exact) mass is 431 g/mol. The molecule has 1 aromatic carbocycles. The number of nitro groups is 1. The molecule has 0 aromatic heterocycles. The van der Waals surface area contributed by atoms with Gasteiger partial charge in [0.2, 0.25) is 11.8 Å². The molecular formula is C22H33N5O4. The number of nitrogens with one attached hydrogen (secondary N) is 1. The molecule has 9 heteroatoms. The highest BCUT2D eigenvalue weighted by molar-refractivity contribution is 5.87. The van der Waals surface area contributed by atoms with Gasteiger partial charge in [0, 0.05) is 70.9 Å². The van der Waals surface area contributed by atoms with Crippen LogP contribution in [0.2, 0.25) is 0 Å². The first kappa shape index (κ1) is 23.1. The molecule has 2 atom stereocenters. The fraction of sp³-hybridized carbons (Fsp3) is 0.636. The van der Waals surface area contributed by atoms with Gasteiger partial charge < -0.3 is 15.1 Å². The zero-order chi connectivity index (χ0) is 22.5. The summed E-state index contributed by atoms with van der Waals surface area (Å²) in [6.07, 6.45) is 0.613. The third-order valence-electron chi connectivity index (χ3n) is 6.05. The minimum absolute atomic E-state index is 0.0408. The third kappa shape index (κ3) is 5.80. The highest BCUT2D eigenvalue weighted by atomic mass is 16.6. The zero-order valence-corrected chi connectivity index (χ0v) is 18.6. The van der Waals surface area contributed by atoms with Crippen molar-refractivity contribution in [2.24, 2.45) is 5.92 Å². The summed E-state index contributed by atoms with van der Waals surface area (Å²) < 4.78 is 0. The zero-order valence-electron chi connectivity index (χ0n) is 18.6. The SMILES string of the molecule is CC(=O)N1CC(N(Cc2ccc([N+](=O)[O-])cc2)CC(C)C)CC1C(=O)N1CCNCC1. The lowest BCUT2D eigenvalue weighted by molar-refractivity contribution is -0.384. The van der Waals surface area contributed by atoms with Gasteiger partial charge in [-0.25, -0.2) is 0 Å². The number of nitro benzene ring substituents is 1. The lowest BCUT2D eigenvalue weighted by atomic mass is 10.1. The van der Waals surface area contributed by atoms with Gasteiger partial charge in [0.25, 0.3) is 5.69 Å². The fourth-order valence-electron chi connectivity index (χ4n) is 4.53. The van der Waals surface area contributed by atoms with E-state index >= 15 is 0 Å². The summed E-state index contributed by atoms with van der Waals surface area (Å²) in [5.41, 5.74) is 1.06. The molecule has 9 nitrogen and oxygen atoms in total. The molecular weight excluding hydrogens is 398 g/mol. The maximum Gasteiger partial charge on any atom is 0.269 e. The average molecular weight is 432 g/mol. The summed E-state index contributed by atoms with van der Waals surface area (Å²) in [7, 11) is 0. The van der Waals surface area contributed by atoms with Crippen LogP contribution in [-0.4, -0.2) is 82.8 Å². The first-order valence-corrected chi connectivity index (χ1v) is 11.0. The first-order valence-electron chi connectivity index (χ1n) is 11.0. The van der Waals surface area contributed by atoms with Crippen molar-refractivity contribution < 1.29 is 14.5 Å². The lowest BCUT2D eigenvalue weighted by Gasteiger charge is -2.32. The Morgan fingerprint density at radius 2 is 1.87 bits per heavy atom. The Balaban J connectivity index is 1.76. The maximum atomic E-state index is 13.2. The lowest BCUT2D eigenvalue weighted by Crippen LogP contribution is -2.53. The summed E-state index contributed by atoms with van der Waals surface area (Å²) in [4.78, 5) is 42.0. The summed E-state index contributed by atoms with van der Waals surface area (Å²) in [6.45, 7) is 10.7. The van der Waals surface area contributed by atoms with E-state index in [9.17, 15) is 19.7 Å². The molecule has 2 heterocycles. The second kappa shape index (κ2) is 10.2. The minimum atomic E-state index is -0.424. The van der Waals surface area contributed by atoms with E-state index < -0.39 is 11.0 Å². The van der Waals surface area contributed by atoms with Crippen LogP contribution in [0, 0.1) is 16.0 Å². The molecule has 0 spiro atoms. The van der Waals surface area contributed by atoms with Crippen LogP contribution in [0.1, 0.15) is 32.8 Å². The van der Waals surface area contributed by atoms with Crippen molar-refractivity contribution in [3.05, 3.63) is 39.9 Å². The molecule has 2 unspecified atom stereocenters.